The summed E-state index contributed by atoms with van der Waals surface area (Å²) in [6, 6.07) is 9.35. The van der Waals surface area contributed by atoms with E-state index < -0.39 is 11.7 Å². The minimum absolute atomic E-state index is 0.170. The number of fused-ring (bicyclic) bond motifs is 1. The van der Waals surface area contributed by atoms with Crippen molar-refractivity contribution in [3.05, 3.63) is 64.7 Å². The van der Waals surface area contributed by atoms with Crippen LogP contribution in [0.5, 0.6) is 5.75 Å². The number of carbonyl (C=O) groups excluding carboxylic acids is 1. The fourth-order valence-electron chi connectivity index (χ4n) is 4.14. The molecule has 5 rings (SSSR count). The number of ether oxygens (including phenoxy) is 1. The van der Waals surface area contributed by atoms with Gasteiger partial charge in [0.05, 0.1) is 18.5 Å². The van der Waals surface area contributed by atoms with E-state index in [9.17, 15) is 9.18 Å². The number of methoxy groups -OCH3 is 1. The number of benzene rings is 1. The molecular formula is C24H26FN7O2S. The highest BCUT2D eigenvalue weighted by molar-refractivity contribution is 7.18. The van der Waals surface area contributed by atoms with Crippen LogP contribution < -0.4 is 20.7 Å². The van der Waals surface area contributed by atoms with E-state index in [-0.39, 0.29) is 11.5 Å². The first-order valence-corrected chi connectivity index (χ1v) is 12.0. The van der Waals surface area contributed by atoms with Gasteiger partial charge in [-0.15, -0.1) is 0 Å². The first-order valence-electron chi connectivity index (χ1n) is 11.2. The second kappa shape index (κ2) is 9.51. The van der Waals surface area contributed by atoms with Crippen LogP contribution in [0.3, 0.4) is 0 Å². The van der Waals surface area contributed by atoms with Gasteiger partial charge in [-0.2, -0.15) is 0 Å². The second-order valence-corrected chi connectivity index (χ2v) is 9.44. The van der Waals surface area contributed by atoms with Gasteiger partial charge in [0.15, 0.2) is 16.6 Å². The molecule has 0 bridgehead atoms. The predicted molar refractivity (Wildman–Crippen MR) is 135 cm³/mol. The number of anilines is 3. The quantitative estimate of drug-likeness (QED) is 0.423. The monoisotopic (exact) mass is 495 g/mol. The molecule has 1 aromatic carbocycles. The normalized spacial score (nSPS) is 14.4. The highest BCUT2D eigenvalue weighted by Crippen LogP contribution is 2.30. The van der Waals surface area contributed by atoms with Crippen molar-refractivity contribution in [2.24, 2.45) is 0 Å². The molecule has 0 spiro atoms. The Morgan fingerprint density at radius 3 is 2.63 bits per heavy atom. The lowest BCUT2D eigenvalue weighted by Gasteiger charge is -2.34. The summed E-state index contributed by atoms with van der Waals surface area (Å²) in [6.45, 7) is 5.96. The third kappa shape index (κ3) is 4.91. The van der Waals surface area contributed by atoms with Crippen molar-refractivity contribution >= 4 is 39.5 Å². The number of pyridine rings is 1. The van der Waals surface area contributed by atoms with E-state index in [2.05, 4.69) is 37.2 Å². The number of aryl methyl sites for hydroxylation is 1. The van der Waals surface area contributed by atoms with E-state index in [0.717, 1.165) is 38.5 Å². The summed E-state index contributed by atoms with van der Waals surface area (Å²) in [5, 5.41) is 3.44. The number of amides is 1. The average Bonchev–Trinajstić information content (AvgIpc) is 3.42. The molecule has 1 fully saturated rings. The van der Waals surface area contributed by atoms with Crippen molar-refractivity contribution in [1.82, 2.24) is 19.3 Å². The zero-order valence-electron chi connectivity index (χ0n) is 19.5. The average molecular weight is 496 g/mol. The molecule has 0 aliphatic carbocycles. The number of hydrogen-bond acceptors (Lipinski definition) is 8. The molecule has 35 heavy (non-hydrogen) atoms. The fourth-order valence-corrected chi connectivity index (χ4v) is 5.07. The molecule has 4 aromatic rings. The number of rotatable bonds is 6. The molecule has 3 aromatic heterocycles. The number of hydrogen-bond donors (Lipinski definition) is 2. The molecular weight excluding hydrogens is 469 g/mol. The van der Waals surface area contributed by atoms with Crippen LogP contribution >= 0.6 is 11.3 Å². The largest absolute Gasteiger partial charge is 0.497 e. The summed E-state index contributed by atoms with van der Waals surface area (Å²) < 4.78 is 21.1. The number of imidazole rings is 1. The van der Waals surface area contributed by atoms with Gasteiger partial charge in [-0.1, -0.05) is 23.5 Å². The van der Waals surface area contributed by atoms with Crippen molar-refractivity contribution in [3.8, 4) is 5.75 Å². The number of carbonyl (C=O) groups is 1. The van der Waals surface area contributed by atoms with Crippen LogP contribution in [0.15, 0.2) is 42.7 Å². The number of nitrogens with two attached hydrogens (primary N) is 1. The molecule has 11 heteroatoms. The molecule has 0 saturated carbocycles. The van der Waals surface area contributed by atoms with E-state index in [4.69, 9.17) is 10.5 Å². The van der Waals surface area contributed by atoms with Gasteiger partial charge >= 0.3 is 0 Å². The van der Waals surface area contributed by atoms with Crippen molar-refractivity contribution in [2.75, 3.05) is 49.2 Å². The first kappa shape index (κ1) is 23.1. The number of aromatic nitrogens is 3. The highest BCUT2D eigenvalue weighted by atomic mass is 32.1. The Kier molecular flexibility index (Phi) is 6.27. The summed E-state index contributed by atoms with van der Waals surface area (Å²) in [7, 11) is 1.66. The van der Waals surface area contributed by atoms with Gasteiger partial charge < -0.3 is 25.1 Å². The van der Waals surface area contributed by atoms with Crippen LogP contribution in [-0.4, -0.2) is 58.5 Å². The molecule has 9 nitrogen and oxygen atoms in total. The molecule has 0 atom stereocenters. The van der Waals surface area contributed by atoms with Crippen LogP contribution in [0.4, 0.5) is 21.0 Å². The van der Waals surface area contributed by atoms with Crippen LogP contribution in [0.2, 0.25) is 0 Å². The number of nitrogen functional groups attached to an aromatic ring is 1. The maximum atomic E-state index is 14.4. The van der Waals surface area contributed by atoms with E-state index in [1.807, 2.05) is 12.1 Å². The zero-order valence-corrected chi connectivity index (χ0v) is 20.3. The number of halogens is 1. The Hall–Kier alpha value is -3.70. The number of nitrogens with one attached hydrogen (secondary N) is 1. The summed E-state index contributed by atoms with van der Waals surface area (Å²) >= 11 is 1.25. The van der Waals surface area contributed by atoms with Crippen LogP contribution in [0.25, 0.3) is 5.65 Å². The van der Waals surface area contributed by atoms with Gasteiger partial charge in [0.2, 0.25) is 0 Å². The lowest BCUT2D eigenvalue weighted by molar-refractivity contribution is 0.103. The summed E-state index contributed by atoms with van der Waals surface area (Å²) in [5.41, 5.74) is 8.54. The number of piperazine rings is 1. The fraction of sp³-hybridized carbons (Fsp3) is 0.292. The van der Waals surface area contributed by atoms with Crippen molar-refractivity contribution < 1.29 is 13.9 Å². The minimum atomic E-state index is -0.513. The Labute approximate surface area is 206 Å². The maximum Gasteiger partial charge on any atom is 0.269 e. The molecule has 1 aliphatic heterocycles. The van der Waals surface area contributed by atoms with Crippen LogP contribution in [-0.2, 0) is 6.54 Å². The van der Waals surface area contributed by atoms with E-state index in [1.54, 1.807) is 30.8 Å². The molecule has 4 heterocycles. The SMILES string of the molecule is COc1ccc(CN2CCN(c3nc(N)c(C(=O)Nc4cc(F)c5nc(C)cn5c4)s3)CC2)cc1. The topological polar surface area (TPSA) is 101 Å². The number of thiazole rings is 1. The zero-order chi connectivity index (χ0) is 24.5. The lowest BCUT2D eigenvalue weighted by atomic mass is 10.2. The Morgan fingerprint density at radius 1 is 1.17 bits per heavy atom. The van der Waals surface area contributed by atoms with Gasteiger partial charge in [0, 0.05) is 51.2 Å². The molecule has 3 N–H and O–H groups in total. The van der Waals surface area contributed by atoms with Gasteiger partial charge in [-0.3, -0.25) is 9.69 Å². The lowest BCUT2D eigenvalue weighted by Crippen LogP contribution is -2.45. The molecule has 1 saturated heterocycles. The summed E-state index contributed by atoms with van der Waals surface area (Å²) in [6.07, 6.45) is 3.32. The smallest absolute Gasteiger partial charge is 0.269 e. The van der Waals surface area contributed by atoms with Crippen molar-refractivity contribution in [3.63, 3.8) is 0 Å². The first-order chi connectivity index (χ1) is 16.9. The van der Waals surface area contributed by atoms with Crippen molar-refractivity contribution in [2.45, 2.75) is 13.5 Å². The third-order valence-corrected chi connectivity index (χ3v) is 7.07. The standard InChI is InChI=1S/C24H26FN7O2S/c1-15-12-32-14-17(11-19(25)22(32)27-15)28-23(33)20-21(26)29-24(35-20)31-9-7-30(8-10-31)13-16-3-5-18(34-2)6-4-16/h3-6,11-12,14H,7-10,13,26H2,1-2H3,(H,28,33). The Morgan fingerprint density at radius 2 is 1.91 bits per heavy atom. The summed E-state index contributed by atoms with van der Waals surface area (Å²) in [4.78, 5) is 26.3. The minimum Gasteiger partial charge on any atom is -0.497 e. The predicted octanol–water partition coefficient (Wildman–Crippen LogP) is 3.40. The van der Waals surface area contributed by atoms with Gasteiger partial charge in [0.25, 0.3) is 5.91 Å². The van der Waals surface area contributed by atoms with E-state index >= 15 is 0 Å². The van der Waals surface area contributed by atoms with Crippen LogP contribution in [0, 0.1) is 12.7 Å². The Balaban J connectivity index is 1.22. The molecule has 0 unspecified atom stereocenters. The molecule has 1 amide bonds. The van der Waals surface area contributed by atoms with Gasteiger partial charge in [-0.25, -0.2) is 14.4 Å². The maximum absolute atomic E-state index is 14.4. The molecule has 182 valence electrons. The molecule has 0 radical (unpaired) electrons. The number of nitrogens with zero attached hydrogens (tertiary/aromatic N) is 5. The summed E-state index contributed by atoms with van der Waals surface area (Å²) in [5.74, 6) is 0.0897. The highest BCUT2D eigenvalue weighted by Gasteiger charge is 2.24. The van der Waals surface area contributed by atoms with Gasteiger partial charge in [-0.05, 0) is 24.6 Å². The van der Waals surface area contributed by atoms with Crippen molar-refractivity contribution in [1.29, 1.82) is 0 Å². The third-order valence-electron chi connectivity index (χ3n) is 5.94. The van der Waals surface area contributed by atoms with Gasteiger partial charge in [0.1, 0.15) is 16.4 Å². The van der Waals surface area contributed by atoms with E-state index in [0.29, 0.717) is 21.4 Å². The molecule has 1 aliphatic rings. The Bertz CT molecular complexity index is 1360. The van der Waals surface area contributed by atoms with E-state index in [1.165, 1.54) is 23.0 Å². The second-order valence-electron chi connectivity index (χ2n) is 8.47. The van der Waals surface area contributed by atoms with Crippen LogP contribution in [0.1, 0.15) is 20.9 Å².